The van der Waals surface area contributed by atoms with Crippen molar-refractivity contribution in [1.29, 1.82) is 0 Å². The number of aromatic nitrogens is 2. The number of rotatable bonds is 7. The summed E-state index contributed by atoms with van der Waals surface area (Å²) in [5.41, 5.74) is 1.74. The molecule has 150 valence electrons. The standard InChI is InChI=1S/C19H22F2N4O2S/c1-19(2,27)10-22-9-11-4-5-13-12(8-11)23-18(25(13)3)24-17(26)15-7-6-14(28-15)16(20)21/h4-8,16,22,27H,9-10H2,1-3H3,(H,23,24,26). The van der Waals surface area contributed by atoms with E-state index in [4.69, 9.17) is 0 Å². The van der Waals surface area contributed by atoms with E-state index in [0.29, 0.717) is 24.6 Å². The molecule has 0 fully saturated rings. The molecule has 3 rings (SSSR count). The molecule has 0 spiro atoms. The Morgan fingerprint density at radius 2 is 2.07 bits per heavy atom. The molecule has 0 saturated carbocycles. The lowest BCUT2D eigenvalue weighted by Crippen LogP contribution is -2.34. The molecular weight excluding hydrogens is 386 g/mol. The Labute approximate surface area is 165 Å². The van der Waals surface area contributed by atoms with Gasteiger partial charge in [0.2, 0.25) is 5.95 Å². The number of anilines is 1. The quantitative estimate of drug-likeness (QED) is 0.557. The van der Waals surface area contributed by atoms with Crippen LogP contribution in [0.25, 0.3) is 11.0 Å². The summed E-state index contributed by atoms with van der Waals surface area (Å²) in [7, 11) is 1.77. The first kappa shape index (κ1) is 20.4. The number of carbonyl (C=O) groups excluding carboxylic acids is 1. The number of aliphatic hydroxyl groups is 1. The van der Waals surface area contributed by atoms with E-state index < -0.39 is 17.9 Å². The van der Waals surface area contributed by atoms with Crippen LogP contribution in [-0.4, -0.2) is 32.7 Å². The molecule has 2 aromatic heterocycles. The number of thiophene rings is 1. The van der Waals surface area contributed by atoms with E-state index in [1.165, 1.54) is 12.1 Å². The Bertz CT molecular complexity index is 992. The lowest BCUT2D eigenvalue weighted by Gasteiger charge is -2.17. The minimum absolute atomic E-state index is 0.140. The number of fused-ring (bicyclic) bond motifs is 1. The second kappa shape index (κ2) is 7.94. The maximum atomic E-state index is 12.7. The first-order chi connectivity index (χ1) is 13.1. The smallest absolute Gasteiger partial charge is 0.272 e. The minimum atomic E-state index is -2.59. The van der Waals surface area contributed by atoms with Crippen LogP contribution >= 0.6 is 11.3 Å². The van der Waals surface area contributed by atoms with E-state index in [1.54, 1.807) is 25.5 Å². The Morgan fingerprint density at radius 1 is 1.32 bits per heavy atom. The van der Waals surface area contributed by atoms with Gasteiger partial charge in [-0.15, -0.1) is 11.3 Å². The Morgan fingerprint density at radius 3 is 2.71 bits per heavy atom. The Hall–Kier alpha value is -2.36. The van der Waals surface area contributed by atoms with E-state index >= 15 is 0 Å². The summed E-state index contributed by atoms with van der Waals surface area (Å²) in [6.07, 6.45) is -2.59. The molecule has 0 atom stereocenters. The highest BCUT2D eigenvalue weighted by Crippen LogP contribution is 2.28. The predicted octanol–water partition coefficient (Wildman–Crippen LogP) is 3.69. The average molecular weight is 408 g/mol. The number of hydrogen-bond donors (Lipinski definition) is 3. The van der Waals surface area contributed by atoms with Crippen molar-refractivity contribution in [2.24, 2.45) is 7.05 Å². The molecule has 0 aliphatic carbocycles. The fourth-order valence-corrected chi connectivity index (χ4v) is 3.49. The SMILES string of the molecule is Cn1c(NC(=O)c2ccc(C(F)F)s2)nc2cc(CNCC(C)(C)O)ccc21. The largest absolute Gasteiger partial charge is 0.389 e. The van der Waals surface area contributed by atoms with Crippen molar-refractivity contribution in [3.05, 3.63) is 45.6 Å². The molecule has 3 N–H and O–H groups in total. The van der Waals surface area contributed by atoms with Crippen molar-refractivity contribution in [2.75, 3.05) is 11.9 Å². The van der Waals surface area contributed by atoms with E-state index in [0.717, 1.165) is 22.4 Å². The summed E-state index contributed by atoms with van der Waals surface area (Å²) >= 11 is 0.767. The molecule has 0 aliphatic rings. The van der Waals surface area contributed by atoms with Crippen molar-refractivity contribution in [3.63, 3.8) is 0 Å². The topological polar surface area (TPSA) is 79.2 Å². The van der Waals surface area contributed by atoms with Crippen LogP contribution in [0, 0.1) is 0 Å². The highest BCUT2D eigenvalue weighted by molar-refractivity contribution is 7.14. The van der Waals surface area contributed by atoms with Crippen molar-refractivity contribution < 1.29 is 18.7 Å². The molecule has 9 heteroatoms. The number of imidazole rings is 1. The van der Waals surface area contributed by atoms with Gasteiger partial charge in [-0.3, -0.25) is 10.1 Å². The monoisotopic (exact) mass is 408 g/mol. The predicted molar refractivity (Wildman–Crippen MR) is 106 cm³/mol. The summed E-state index contributed by atoms with van der Waals surface area (Å²) in [4.78, 5) is 16.9. The molecule has 6 nitrogen and oxygen atoms in total. The maximum absolute atomic E-state index is 12.7. The van der Waals surface area contributed by atoms with Gasteiger partial charge in [-0.05, 0) is 43.7 Å². The number of nitrogens with zero attached hydrogens (tertiary/aromatic N) is 2. The number of nitrogens with one attached hydrogen (secondary N) is 2. The van der Waals surface area contributed by atoms with Crippen LogP contribution < -0.4 is 10.6 Å². The molecular formula is C19H22F2N4O2S. The van der Waals surface area contributed by atoms with Crippen molar-refractivity contribution in [1.82, 2.24) is 14.9 Å². The third kappa shape index (κ3) is 4.73. The lowest BCUT2D eigenvalue weighted by molar-refractivity contribution is 0.0795. The van der Waals surface area contributed by atoms with Crippen LogP contribution in [0.2, 0.25) is 0 Å². The van der Waals surface area contributed by atoms with Gasteiger partial charge in [0.05, 0.1) is 26.4 Å². The van der Waals surface area contributed by atoms with Crippen LogP contribution in [0.15, 0.2) is 30.3 Å². The molecule has 1 aromatic carbocycles. The number of halogens is 2. The fraction of sp³-hybridized carbons (Fsp3) is 0.368. The second-order valence-electron chi connectivity index (χ2n) is 7.19. The second-order valence-corrected chi connectivity index (χ2v) is 8.31. The zero-order valence-electron chi connectivity index (χ0n) is 15.8. The molecule has 0 aliphatic heterocycles. The average Bonchev–Trinajstić information content (AvgIpc) is 3.20. The molecule has 1 amide bonds. The zero-order chi connectivity index (χ0) is 20.5. The van der Waals surface area contributed by atoms with Gasteiger partial charge in [0.1, 0.15) is 0 Å². The van der Waals surface area contributed by atoms with Gasteiger partial charge in [0.25, 0.3) is 12.3 Å². The van der Waals surface area contributed by atoms with Crippen LogP contribution in [-0.2, 0) is 13.6 Å². The summed E-state index contributed by atoms with van der Waals surface area (Å²) in [5.74, 6) is -0.129. The Balaban J connectivity index is 1.74. The fourth-order valence-electron chi connectivity index (χ4n) is 2.74. The minimum Gasteiger partial charge on any atom is -0.389 e. The third-order valence-electron chi connectivity index (χ3n) is 4.12. The highest BCUT2D eigenvalue weighted by atomic mass is 32.1. The third-order valence-corrected chi connectivity index (χ3v) is 5.21. The molecule has 2 heterocycles. The summed E-state index contributed by atoms with van der Waals surface area (Å²) in [5, 5.41) is 15.6. The van der Waals surface area contributed by atoms with E-state index in [1.807, 2.05) is 18.2 Å². The first-order valence-electron chi connectivity index (χ1n) is 8.72. The summed E-state index contributed by atoms with van der Waals surface area (Å²) in [6.45, 7) is 4.49. The van der Waals surface area contributed by atoms with Crippen LogP contribution in [0.4, 0.5) is 14.7 Å². The van der Waals surface area contributed by atoms with Crippen LogP contribution in [0.3, 0.4) is 0 Å². The van der Waals surface area contributed by atoms with Gasteiger partial charge in [-0.1, -0.05) is 6.07 Å². The van der Waals surface area contributed by atoms with Gasteiger partial charge >= 0.3 is 0 Å². The van der Waals surface area contributed by atoms with E-state index in [-0.39, 0.29) is 9.75 Å². The van der Waals surface area contributed by atoms with Crippen LogP contribution in [0.1, 0.15) is 40.4 Å². The highest BCUT2D eigenvalue weighted by Gasteiger charge is 2.17. The van der Waals surface area contributed by atoms with E-state index in [9.17, 15) is 18.7 Å². The van der Waals surface area contributed by atoms with Crippen molar-refractivity contribution in [2.45, 2.75) is 32.4 Å². The maximum Gasteiger partial charge on any atom is 0.272 e. The molecule has 0 bridgehead atoms. The number of hydrogen-bond acceptors (Lipinski definition) is 5. The lowest BCUT2D eigenvalue weighted by atomic mass is 10.1. The van der Waals surface area contributed by atoms with Crippen molar-refractivity contribution >= 4 is 34.2 Å². The first-order valence-corrected chi connectivity index (χ1v) is 9.53. The van der Waals surface area contributed by atoms with Gasteiger partial charge in [-0.2, -0.15) is 0 Å². The number of aryl methyl sites for hydroxylation is 1. The van der Waals surface area contributed by atoms with Crippen molar-refractivity contribution in [3.8, 4) is 0 Å². The van der Waals surface area contributed by atoms with Gasteiger partial charge in [-0.25, -0.2) is 13.8 Å². The molecule has 0 radical (unpaired) electrons. The summed E-state index contributed by atoms with van der Waals surface area (Å²) in [6, 6.07) is 8.39. The molecule has 3 aromatic rings. The zero-order valence-corrected chi connectivity index (χ0v) is 16.6. The number of carbonyl (C=O) groups is 1. The van der Waals surface area contributed by atoms with Crippen LogP contribution in [0.5, 0.6) is 0 Å². The summed E-state index contributed by atoms with van der Waals surface area (Å²) < 4.78 is 27.2. The number of benzene rings is 1. The number of alkyl halides is 2. The van der Waals surface area contributed by atoms with Gasteiger partial charge in [0, 0.05) is 20.1 Å². The van der Waals surface area contributed by atoms with E-state index in [2.05, 4.69) is 15.6 Å². The molecule has 0 saturated heterocycles. The Kier molecular flexibility index (Phi) is 5.78. The van der Waals surface area contributed by atoms with Gasteiger partial charge < -0.3 is 15.0 Å². The van der Waals surface area contributed by atoms with Gasteiger partial charge in [0.15, 0.2) is 0 Å². The molecule has 0 unspecified atom stereocenters. The normalized spacial score (nSPS) is 12.1. The number of amides is 1. The molecule has 28 heavy (non-hydrogen) atoms.